The smallest absolute Gasteiger partial charge is 0.159 e. The second kappa shape index (κ2) is 8.07. The molecule has 8 atom stereocenters. The first-order chi connectivity index (χ1) is 14.9. The van der Waals surface area contributed by atoms with Gasteiger partial charge in [0.2, 0.25) is 0 Å². The third-order valence-corrected chi connectivity index (χ3v) is 9.59. The topological polar surface area (TPSA) is 65.3 Å². The van der Waals surface area contributed by atoms with Gasteiger partial charge >= 0.3 is 0 Å². The fourth-order valence-corrected chi connectivity index (χ4v) is 8.38. The number of hydrazone groups is 2. The number of hydrogen-bond donors (Lipinski definition) is 1. The Balaban J connectivity index is 1.29. The van der Waals surface area contributed by atoms with Crippen molar-refractivity contribution in [1.29, 1.82) is 0 Å². The van der Waals surface area contributed by atoms with Gasteiger partial charge in [0.25, 0.3) is 0 Å². The molecule has 5 nitrogen and oxygen atoms in total. The summed E-state index contributed by atoms with van der Waals surface area (Å²) in [5.41, 5.74) is -0.790. The Bertz CT molecular complexity index is 900. The highest BCUT2D eigenvalue weighted by Crippen LogP contribution is 2.64. The van der Waals surface area contributed by atoms with Crippen LogP contribution >= 0.6 is 11.6 Å². The molecule has 0 amide bonds. The lowest BCUT2D eigenvalue weighted by molar-refractivity contribution is -0.132. The second-order valence-electron chi connectivity index (χ2n) is 10.8. The zero-order valence-electron chi connectivity index (χ0n) is 18.3. The minimum atomic E-state index is -0.890. The Morgan fingerprint density at radius 3 is 2.81 bits per heavy atom. The van der Waals surface area contributed by atoms with Crippen molar-refractivity contribution >= 4 is 29.5 Å². The highest BCUT2D eigenvalue weighted by atomic mass is 35.5. The van der Waals surface area contributed by atoms with Crippen LogP contribution in [-0.2, 0) is 4.79 Å². The number of Topliss-reactive ketones (excluding diaryl/α,β-unsaturated/α-hetero) is 1. The van der Waals surface area contributed by atoms with Crippen molar-refractivity contribution in [2.24, 2.45) is 51.1 Å². The average molecular weight is 442 g/mol. The third-order valence-electron chi connectivity index (χ3n) is 9.50. The van der Waals surface area contributed by atoms with Crippen molar-refractivity contribution < 1.29 is 9.90 Å². The van der Waals surface area contributed by atoms with Gasteiger partial charge in [-0.1, -0.05) is 12.8 Å². The Morgan fingerprint density at radius 2 is 2.03 bits per heavy atom. The van der Waals surface area contributed by atoms with Gasteiger partial charge in [0.15, 0.2) is 5.78 Å². The lowest BCUT2D eigenvalue weighted by Gasteiger charge is -2.56. The maximum atomic E-state index is 13.2. The van der Waals surface area contributed by atoms with E-state index in [2.05, 4.69) is 34.3 Å². The van der Waals surface area contributed by atoms with E-state index in [9.17, 15) is 9.90 Å². The fourth-order valence-electron chi connectivity index (χ4n) is 8.20. The number of halogens is 1. The van der Waals surface area contributed by atoms with Crippen molar-refractivity contribution in [2.75, 3.05) is 6.54 Å². The molecule has 6 heteroatoms. The zero-order chi connectivity index (χ0) is 21.6. The van der Waals surface area contributed by atoms with Gasteiger partial charge in [0.1, 0.15) is 12.1 Å². The number of allylic oxidation sites excluding steroid dienone is 1. The summed E-state index contributed by atoms with van der Waals surface area (Å²) in [6.45, 7) is 2.64. The first kappa shape index (κ1) is 21.3. The Morgan fingerprint density at radius 1 is 1.19 bits per heavy atom. The van der Waals surface area contributed by atoms with E-state index in [1.165, 1.54) is 30.8 Å². The van der Waals surface area contributed by atoms with E-state index >= 15 is 0 Å². The molecule has 0 aromatic heterocycles. The fraction of sp³-hybridized carbons (Fsp3) is 0.760. The minimum Gasteiger partial charge on any atom is -0.378 e. The van der Waals surface area contributed by atoms with Crippen molar-refractivity contribution in [2.45, 2.75) is 70.3 Å². The number of fused-ring (bicyclic) bond motifs is 5. The summed E-state index contributed by atoms with van der Waals surface area (Å²) in [5, 5.41) is 22.9. The van der Waals surface area contributed by atoms with E-state index in [4.69, 9.17) is 11.6 Å². The quantitative estimate of drug-likeness (QED) is 0.667. The van der Waals surface area contributed by atoms with Crippen LogP contribution in [0.4, 0.5) is 0 Å². The summed E-state index contributed by atoms with van der Waals surface area (Å²) in [7, 11) is 0. The van der Waals surface area contributed by atoms with Crippen LogP contribution in [0.3, 0.4) is 0 Å². The largest absolute Gasteiger partial charge is 0.378 e. The molecule has 166 valence electrons. The molecule has 3 unspecified atom stereocenters. The van der Waals surface area contributed by atoms with Crippen molar-refractivity contribution in [3.05, 3.63) is 6.08 Å². The predicted octanol–water partition coefficient (Wildman–Crippen LogP) is 4.20. The maximum Gasteiger partial charge on any atom is 0.159 e. The van der Waals surface area contributed by atoms with E-state index in [-0.39, 0.29) is 23.7 Å². The molecular formula is C25H32ClN3O2. The van der Waals surface area contributed by atoms with Crippen molar-refractivity contribution in [1.82, 2.24) is 5.12 Å². The number of hydrogen-bond acceptors (Lipinski definition) is 5. The second-order valence-corrected chi connectivity index (χ2v) is 10.9. The molecule has 5 rings (SSSR count). The zero-order valence-corrected chi connectivity index (χ0v) is 19.0. The number of carbonyl (C=O) groups is 1. The van der Waals surface area contributed by atoms with Crippen LogP contribution in [0.25, 0.3) is 0 Å². The van der Waals surface area contributed by atoms with Crippen molar-refractivity contribution in [3.8, 4) is 11.3 Å². The molecular weight excluding hydrogens is 410 g/mol. The number of nitrogens with zero attached hydrogens (tertiary/aromatic N) is 3. The Labute approximate surface area is 190 Å². The van der Waals surface area contributed by atoms with Crippen LogP contribution in [0.1, 0.15) is 64.7 Å². The van der Waals surface area contributed by atoms with E-state index in [0.29, 0.717) is 17.8 Å². The van der Waals surface area contributed by atoms with Crippen molar-refractivity contribution in [3.63, 3.8) is 0 Å². The van der Waals surface area contributed by atoms with E-state index in [1.54, 1.807) is 12.3 Å². The third kappa shape index (κ3) is 3.67. The van der Waals surface area contributed by atoms with Crippen LogP contribution in [-0.4, -0.2) is 40.2 Å². The molecule has 0 spiro atoms. The molecule has 1 aliphatic heterocycles. The summed E-state index contributed by atoms with van der Waals surface area (Å²) in [4.78, 5) is 13.2. The summed E-state index contributed by atoms with van der Waals surface area (Å²) in [6, 6.07) is 0. The monoisotopic (exact) mass is 441 g/mol. The van der Waals surface area contributed by atoms with Crippen LogP contribution in [0.15, 0.2) is 16.3 Å². The average Bonchev–Trinajstić information content (AvgIpc) is 3.11. The van der Waals surface area contributed by atoms with Crippen LogP contribution in [0, 0.1) is 52.2 Å². The first-order valence-corrected chi connectivity index (χ1v) is 12.3. The van der Waals surface area contributed by atoms with Gasteiger partial charge in [-0.05, 0) is 104 Å². The lowest BCUT2D eigenvalue weighted by atomic mass is 9.49. The van der Waals surface area contributed by atoms with E-state index in [0.717, 1.165) is 43.9 Å². The predicted molar refractivity (Wildman–Crippen MR) is 121 cm³/mol. The molecule has 31 heavy (non-hydrogen) atoms. The van der Waals surface area contributed by atoms with E-state index < -0.39 is 5.60 Å². The molecule has 0 saturated heterocycles. The molecule has 4 aliphatic carbocycles. The van der Waals surface area contributed by atoms with Crippen LogP contribution in [0.2, 0.25) is 0 Å². The number of ketones is 1. The summed E-state index contributed by atoms with van der Waals surface area (Å²) < 4.78 is 0. The van der Waals surface area contributed by atoms with Gasteiger partial charge in [-0.15, -0.1) is 5.10 Å². The van der Waals surface area contributed by atoms with Gasteiger partial charge in [-0.2, -0.15) is 10.2 Å². The highest BCUT2D eigenvalue weighted by Gasteiger charge is 2.59. The molecule has 0 radical (unpaired) electrons. The summed E-state index contributed by atoms with van der Waals surface area (Å²) >= 11 is 5.62. The lowest BCUT2D eigenvalue weighted by Crippen LogP contribution is -2.51. The molecule has 4 fully saturated rings. The summed E-state index contributed by atoms with van der Waals surface area (Å²) in [5.74, 6) is 9.37. The number of rotatable bonds is 3. The molecule has 0 bridgehead atoms. The highest BCUT2D eigenvalue weighted by molar-refractivity contribution is 6.30. The minimum absolute atomic E-state index is 0.101. The van der Waals surface area contributed by atoms with Crippen LogP contribution in [0.5, 0.6) is 0 Å². The molecule has 0 aromatic rings. The Kier molecular flexibility index (Phi) is 5.53. The first-order valence-electron chi connectivity index (χ1n) is 11.9. The molecule has 4 saturated carbocycles. The molecule has 0 aromatic carbocycles. The van der Waals surface area contributed by atoms with Gasteiger partial charge < -0.3 is 5.11 Å². The normalized spacial score (nSPS) is 45.3. The van der Waals surface area contributed by atoms with Crippen LogP contribution < -0.4 is 0 Å². The van der Waals surface area contributed by atoms with Gasteiger partial charge in [0, 0.05) is 23.2 Å². The summed E-state index contributed by atoms with van der Waals surface area (Å²) in [6.07, 6.45) is 12.8. The molecule has 5 aliphatic rings. The SMILES string of the molecule is C[C@]12CCC3C(CC[C@@H]4C[C@@](O)(C#CCl)CC[C@H]34)C1CC[C@@H]2C(=O)CN1N=C=CC=N1. The maximum absolute atomic E-state index is 13.2. The number of aliphatic hydroxyl groups is 1. The Hall–Kier alpha value is -1.60. The van der Waals surface area contributed by atoms with Gasteiger partial charge in [0.05, 0.1) is 6.21 Å². The van der Waals surface area contributed by atoms with Gasteiger partial charge in [-0.25, -0.2) is 0 Å². The molecule has 1 heterocycles. The molecule has 1 N–H and O–H groups in total. The van der Waals surface area contributed by atoms with E-state index in [1.807, 2.05) is 0 Å². The standard InChI is InChI=1S/C25H32ClN3O2/c1-24-9-7-19-18-8-10-25(31,11-12-26)15-17(18)3-4-20(19)21(24)5-6-22(24)23(30)16-29-27-13-2-14-28-29/h2,13,17-22,31H,3-10,15-16H2,1H3/t17-,18+,19?,20?,21?,22-,24+,25+/m1/s1. The number of carbonyl (C=O) groups excluding carboxylic acids is 1. The van der Waals surface area contributed by atoms with Gasteiger partial charge in [-0.3, -0.25) is 4.79 Å².